The van der Waals surface area contributed by atoms with Crippen LogP contribution in [0.4, 0.5) is 5.69 Å². The van der Waals surface area contributed by atoms with Gasteiger partial charge in [0.1, 0.15) is 0 Å². The number of H-pyrrole nitrogens is 1. The first-order valence-electron chi connectivity index (χ1n) is 9.15. The number of nitrogens with one attached hydrogen (secondary N) is 2. The SMILES string of the molecule is Cc1ccc(NC(=O)[C@H]2CC[C@@H](n3c(=O)[nH]c4c(Br)cccc43)CC2)cn1. The average molecular weight is 429 g/mol. The van der Waals surface area contributed by atoms with Crippen LogP contribution in [0.25, 0.3) is 11.0 Å². The van der Waals surface area contributed by atoms with E-state index in [0.717, 1.165) is 52.6 Å². The molecule has 4 rings (SSSR count). The van der Waals surface area contributed by atoms with Gasteiger partial charge in [-0.2, -0.15) is 0 Å². The van der Waals surface area contributed by atoms with Gasteiger partial charge in [0.15, 0.2) is 0 Å². The lowest BCUT2D eigenvalue weighted by atomic mass is 9.85. The summed E-state index contributed by atoms with van der Waals surface area (Å²) in [6, 6.07) is 9.68. The van der Waals surface area contributed by atoms with Crippen molar-refractivity contribution >= 4 is 38.6 Å². The summed E-state index contributed by atoms with van der Waals surface area (Å²) >= 11 is 3.49. The Morgan fingerprint density at radius 3 is 2.70 bits per heavy atom. The number of benzene rings is 1. The number of carbonyl (C=O) groups is 1. The van der Waals surface area contributed by atoms with E-state index in [1.807, 2.05) is 41.8 Å². The van der Waals surface area contributed by atoms with E-state index in [1.165, 1.54) is 0 Å². The summed E-state index contributed by atoms with van der Waals surface area (Å²) in [7, 11) is 0. The normalized spacial score (nSPS) is 19.9. The van der Waals surface area contributed by atoms with Gasteiger partial charge >= 0.3 is 5.69 Å². The van der Waals surface area contributed by atoms with Gasteiger partial charge in [0, 0.05) is 22.1 Å². The molecular weight excluding hydrogens is 408 g/mol. The molecule has 1 saturated carbocycles. The number of aryl methyl sites for hydroxylation is 1. The fourth-order valence-corrected chi connectivity index (χ4v) is 4.31. The van der Waals surface area contributed by atoms with Crippen LogP contribution in [-0.4, -0.2) is 20.4 Å². The molecule has 1 fully saturated rings. The zero-order chi connectivity index (χ0) is 19.0. The minimum atomic E-state index is -0.0875. The van der Waals surface area contributed by atoms with E-state index in [4.69, 9.17) is 0 Å². The Balaban J connectivity index is 1.45. The third-order valence-electron chi connectivity index (χ3n) is 5.31. The molecule has 0 aliphatic heterocycles. The highest BCUT2D eigenvalue weighted by atomic mass is 79.9. The molecule has 0 bridgehead atoms. The largest absolute Gasteiger partial charge is 0.326 e. The number of anilines is 1. The monoisotopic (exact) mass is 428 g/mol. The molecule has 1 aromatic carbocycles. The molecule has 6 nitrogen and oxygen atoms in total. The van der Waals surface area contributed by atoms with Gasteiger partial charge in [0.25, 0.3) is 0 Å². The lowest BCUT2D eigenvalue weighted by Gasteiger charge is -2.28. The van der Waals surface area contributed by atoms with Gasteiger partial charge in [-0.3, -0.25) is 14.3 Å². The van der Waals surface area contributed by atoms with Crippen LogP contribution in [0.5, 0.6) is 0 Å². The summed E-state index contributed by atoms with van der Waals surface area (Å²) in [6.07, 6.45) is 4.83. The van der Waals surface area contributed by atoms with Gasteiger partial charge < -0.3 is 10.3 Å². The summed E-state index contributed by atoms with van der Waals surface area (Å²) in [5.41, 5.74) is 3.30. The average Bonchev–Trinajstić information content (AvgIpc) is 3.01. The Morgan fingerprint density at radius 2 is 2.00 bits per heavy atom. The number of hydrogen-bond acceptors (Lipinski definition) is 3. The van der Waals surface area contributed by atoms with Crippen molar-refractivity contribution in [2.45, 2.75) is 38.6 Å². The maximum absolute atomic E-state index is 12.5. The second kappa shape index (κ2) is 7.31. The Bertz CT molecular complexity index is 1030. The number of amides is 1. The number of pyridine rings is 1. The molecule has 2 heterocycles. The zero-order valence-corrected chi connectivity index (χ0v) is 16.6. The molecule has 1 aliphatic rings. The highest BCUT2D eigenvalue weighted by Gasteiger charge is 2.29. The summed E-state index contributed by atoms with van der Waals surface area (Å²) < 4.78 is 2.73. The van der Waals surface area contributed by atoms with E-state index in [1.54, 1.807) is 6.20 Å². The number of carbonyl (C=O) groups excluding carboxylic acids is 1. The topological polar surface area (TPSA) is 79.8 Å². The van der Waals surface area contributed by atoms with Crippen LogP contribution in [0, 0.1) is 12.8 Å². The highest BCUT2D eigenvalue weighted by Crippen LogP contribution is 2.34. The summed E-state index contributed by atoms with van der Waals surface area (Å²) in [5.74, 6) is 0.00307. The number of fused-ring (bicyclic) bond motifs is 1. The van der Waals surface area contributed by atoms with Crippen molar-refractivity contribution in [3.63, 3.8) is 0 Å². The quantitative estimate of drug-likeness (QED) is 0.656. The van der Waals surface area contributed by atoms with E-state index in [2.05, 4.69) is 31.2 Å². The number of hydrogen-bond donors (Lipinski definition) is 2. The molecule has 0 spiro atoms. The fraction of sp³-hybridized carbons (Fsp3) is 0.350. The smallest absolute Gasteiger partial charge is 0.324 e. The third-order valence-corrected chi connectivity index (χ3v) is 5.97. The number of aromatic amines is 1. The minimum absolute atomic E-state index is 0.0322. The number of imidazole rings is 1. The molecule has 0 unspecified atom stereocenters. The van der Waals surface area contributed by atoms with Crippen molar-refractivity contribution in [2.75, 3.05) is 5.32 Å². The predicted molar refractivity (Wildman–Crippen MR) is 109 cm³/mol. The predicted octanol–water partition coefficient (Wildman–Crippen LogP) is 4.17. The lowest BCUT2D eigenvalue weighted by Crippen LogP contribution is -2.31. The van der Waals surface area contributed by atoms with Crippen LogP contribution in [0.1, 0.15) is 37.4 Å². The second-order valence-electron chi connectivity index (χ2n) is 7.12. The van der Waals surface area contributed by atoms with Crippen LogP contribution in [-0.2, 0) is 4.79 Å². The van der Waals surface area contributed by atoms with Crippen molar-refractivity contribution < 1.29 is 4.79 Å². The van der Waals surface area contributed by atoms with E-state index in [-0.39, 0.29) is 23.6 Å². The molecule has 1 aliphatic carbocycles. The number of para-hydroxylation sites is 1. The Morgan fingerprint density at radius 1 is 1.22 bits per heavy atom. The van der Waals surface area contributed by atoms with E-state index >= 15 is 0 Å². The van der Waals surface area contributed by atoms with Gasteiger partial charge in [-0.15, -0.1) is 0 Å². The molecule has 0 radical (unpaired) electrons. The molecule has 1 amide bonds. The van der Waals surface area contributed by atoms with E-state index in [9.17, 15) is 9.59 Å². The summed E-state index contributed by atoms with van der Waals surface area (Å²) in [5, 5.41) is 2.95. The highest BCUT2D eigenvalue weighted by molar-refractivity contribution is 9.10. The van der Waals surface area contributed by atoms with E-state index < -0.39 is 0 Å². The van der Waals surface area contributed by atoms with Crippen LogP contribution in [0.3, 0.4) is 0 Å². The van der Waals surface area contributed by atoms with Crippen molar-refractivity contribution in [1.82, 2.24) is 14.5 Å². The maximum Gasteiger partial charge on any atom is 0.326 e. The van der Waals surface area contributed by atoms with Crippen molar-refractivity contribution in [1.29, 1.82) is 0 Å². The molecular formula is C20H21BrN4O2. The van der Waals surface area contributed by atoms with Gasteiger partial charge in [-0.05, 0) is 72.8 Å². The molecule has 2 N–H and O–H groups in total. The standard InChI is InChI=1S/C20H21BrN4O2/c1-12-5-8-14(11-22-12)23-19(26)13-6-9-15(10-7-13)25-17-4-2-3-16(21)18(17)24-20(25)27/h2-5,8,11,13,15H,6-7,9-10H2,1H3,(H,23,26)(H,24,27)/t13-,15+. The minimum Gasteiger partial charge on any atom is -0.324 e. The first-order chi connectivity index (χ1) is 13.0. The number of nitrogens with zero attached hydrogens (tertiary/aromatic N) is 2. The molecule has 3 aromatic rings. The number of halogens is 1. The first kappa shape index (κ1) is 18.0. The number of aromatic nitrogens is 3. The zero-order valence-electron chi connectivity index (χ0n) is 15.0. The maximum atomic E-state index is 12.5. The second-order valence-corrected chi connectivity index (χ2v) is 7.97. The molecule has 7 heteroatoms. The van der Waals surface area contributed by atoms with Gasteiger partial charge in [-0.1, -0.05) is 6.07 Å². The van der Waals surface area contributed by atoms with Gasteiger partial charge in [0.05, 0.1) is 22.9 Å². The molecule has 140 valence electrons. The Labute approximate surface area is 165 Å². The lowest BCUT2D eigenvalue weighted by molar-refractivity contribution is -0.121. The van der Waals surface area contributed by atoms with Crippen molar-refractivity contribution in [2.24, 2.45) is 5.92 Å². The van der Waals surface area contributed by atoms with Crippen LogP contribution < -0.4 is 11.0 Å². The Hall–Kier alpha value is -2.41. The van der Waals surface area contributed by atoms with Gasteiger partial charge in [0.2, 0.25) is 5.91 Å². The van der Waals surface area contributed by atoms with Crippen molar-refractivity contribution in [3.05, 3.63) is 57.2 Å². The summed E-state index contributed by atoms with van der Waals surface area (Å²) in [4.78, 5) is 32.2. The first-order valence-corrected chi connectivity index (χ1v) is 9.94. The van der Waals surface area contributed by atoms with Gasteiger partial charge in [-0.25, -0.2) is 4.79 Å². The number of rotatable bonds is 3. The molecule has 27 heavy (non-hydrogen) atoms. The third kappa shape index (κ3) is 3.56. The van der Waals surface area contributed by atoms with Crippen LogP contribution in [0.15, 0.2) is 45.8 Å². The fourth-order valence-electron chi connectivity index (χ4n) is 3.86. The van der Waals surface area contributed by atoms with E-state index in [0.29, 0.717) is 0 Å². The molecule has 0 saturated heterocycles. The van der Waals surface area contributed by atoms with Crippen LogP contribution in [0.2, 0.25) is 0 Å². The molecule has 0 atom stereocenters. The Kier molecular flexibility index (Phi) is 4.86. The summed E-state index contributed by atoms with van der Waals surface area (Å²) in [6.45, 7) is 1.91. The van der Waals surface area contributed by atoms with Crippen LogP contribution >= 0.6 is 15.9 Å². The molecule has 2 aromatic heterocycles. The van der Waals surface area contributed by atoms with Crippen molar-refractivity contribution in [3.8, 4) is 0 Å².